The number of rotatable bonds is 6. The van der Waals surface area contributed by atoms with E-state index in [0.717, 1.165) is 5.01 Å². The summed E-state index contributed by atoms with van der Waals surface area (Å²) in [7, 11) is -1.16. The molecule has 0 bridgehead atoms. The topological polar surface area (TPSA) is 94.1 Å². The van der Waals surface area contributed by atoms with Crippen LogP contribution in [0.4, 0.5) is 9.52 Å². The number of pyridine rings is 1. The number of amides is 1. The molecule has 35 heavy (non-hydrogen) atoms. The Balaban J connectivity index is 1.53. The van der Waals surface area contributed by atoms with Gasteiger partial charge in [0.1, 0.15) is 22.3 Å². The van der Waals surface area contributed by atoms with Crippen molar-refractivity contribution >= 4 is 44.1 Å². The van der Waals surface area contributed by atoms with Crippen LogP contribution in [-0.4, -0.2) is 31.6 Å². The van der Waals surface area contributed by atoms with Crippen molar-refractivity contribution in [3.8, 4) is 11.5 Å². The molecule has 0 aliphatic heterocycles. The molecular weight excluding hydrogens is 487 g/mol. The van der Waals surface area contributed by atoms with Gasteiger partial charge < -0.3 is 10.1 Å². The van der Waals surface area contributed by atoms with Crippen molar-refractivity contribution in [2.45, 2.75) is 44.4 Å². The number of carbonyl (C=O) groups excluding carboxylic acids is 1. The summed E-state index contributed by atoms with van der Waals surface area (Å²) >= 11 is 1.30. The summed E-state index contributed by atoms with van der Waals surface area (Å²) in [6.07, 6.45) is 3.05. The molecule has 1 N–H and O–H groups in total. The summed E-state index contributed by atoms with van der Waals surface area (Å²) in [5.74, 6) is -0.141. The lowest BCUT2D eigenvalue weighted by Gasteiger charge is -2.13. The Kier molecular flexibility index (Phi) is 6.95. The first-order valence-corrected chi connectivity index (χ1v) is 13.2. The summed E-state index contributed by atoms with van der Waals surface area (Å²) in [6.45, 7) is 7.82. The third-order valence-corrected chi connectivity index (χ3v) is 7.42. The van der Waals surface area contributed by atoms with Gasteiger partial charge in [0.05, 0.1) is 11.9 Å². The Labute approximate surface area is 209 Å². The van der Waals surface area contributed by atoms with Crippen LogP contribution in [0, 0.1) is 12.7 Å². The standard InChI is InChI=1S/C25H25FN4O3S2/c1-14-10-15(11-22(31)28-24-30-29-23(34-24)25(2,3)4)18(26)13-21(14)33-20-8-9-27-19-7-6-16(35(5)32)12-17(19)20/h6-10,12-13H,11H2,1-5H3,(H,28,30,31). The van der Waals surface area contributed by atoms with Crippen molar-refractivity contribution in [3.63, 3.8) is 0 Å². The molecule has 4 rings (SSSR count). The zero-order valence-electron chi connectivity index (χ0n) is 20.0. The Morgan fingerprint density at radius 3 is 2.60 bits per heavy atom. The predicted octanol–water partition coefficient (Wildman–Crippen LogP) is 5.54. The van der Waals surface area contributed by atoms with Gasteiger partial charge in [-0.1, -0.05) is 32.1 Å². The molecule has 2 aromatic carbocycles. The zero-order chi connectivity index (χ0) is 25.3. The van der Waals surface area contributed by atoms with Crippen LogP contribution in [0.5, 0.6) is 11.5 Å². The minimum Gasteiger partial charge on any atom is -0.456 e. The normalized spacial score (nSPS) is 12.5. The van der Waals surface area contributed by atoms with Crippen LogP contribution >= 0.6 is 11.3 Å². The largest absolute Gasteiger partial charge is 0.456 e. The maximum absolute atomic E-state index is 14.9. The van der Waals surface area contributed by atoms with Crippen molar-refractivity contribution in [3.05, 3.63) is 64.5 Å². The first-order valence-electron chi connectivity index (χ1n) is 10.8. The van der Waals surface area contributed by atoms with E-state index in [1.165, 1.54) is 17.4 Å². The molecule has 2 aromatic heterocycles. The smallest absolute Gasteiger partial charge is 0.230 e. The Morgan fingerprint density at radius 1 is 1.14 bits per heavy atom. The van der Waals surface area contributed by atoms with Gasteiger partial charge in [-0.25, -0.2) is 4.39 Å². The van der Waals surface area contributed by atoms with Gasteiger partial charge in [0.15, 0.2) is 0 Å². The summed E-state index contributed by atoms with van der Waals surface area (Å²) in [5.41, 5.74) is 1.42. The first kappa shape index (κ1) is 24.9. The molecule has 4 aromatic rings. The third-order valence-electron chi connectivity index (χ3n) is 5.23. The number of hydrogen-bond donors (Lipinski definition) is 1. The van der Waals surface area contributed by atoms with Crippen LogP contribution in [0.3, 0.4) is 0 Å². The fraction of sp³-hybridized carbons (Fsp3) is 0.280. The van der Waals surface area contributed by atoms with Crippen LogP contribution in [0.25, 0.3) is 10.9 Å². The van der Waals surface area contributed by atoms with Crippen LogP contribution in [0.1, 0.15) is 36.9 Å². The Morgan fingerprint density at radius 2 is 1.91 bits per heavy atom. The average Bonchev–Trinajstić information content (AvgIpc) is 3.26. The lowest BCUT2D eigenvalue weighted by atomic mass is 9.98. The number of nitrogens with one attached hydrogen (secondary N) is 1. The summed E-state index contributed by atoms with van der Waals surface area (Å²) in [6, 6.07) is 9.84. The number of benzene rings is 2. The second-order valence-corrected chi connectivity index (χ2v) is 11.5. The molecule has 0 saturated heterocycles. The molecule has 0 aliphatic carbocycles. The number of hydrogen-bond acceptors (Lipinski definition) is 7. The van der Waals surface area contributed by atoms with E-state index < -0.39 is 16.6 Å². The van der Waals surface area contributed by atoms with Gasteiger partial charge in [0.2, 0.25) is 11.0 Å². The molecule has 1 unspecified atom stereocenters. The average molecular weight is 513 g/mol. The maximum Gasteiger partial charge on any atom is 0.230 e. The van der Waals surface area contributed by atoms with E-state index in [0.29, 0.717) is 38.0 Å². The van der Waals surface area contributed by atoms with Crippen LogP contribution in [-0.2, 0) is 27.4 Å². The molecule has 1 amide bonds. The number of halogens is 1. The quantitative estimate of drug-likeness (QED) is 0.364. The number of aryl methyl sites for hydroxylation is 1. The molecule has 0 radical (unpaired) electrons. The highest BCUT2D eigenvalue weighted by Gasteiger charge is 2.21. The van der Waals surface area contributed by atoms with Crippen molar-refractivity contribution in [2.24, 2.45) is 0 Å². The van der Waals surface area contributed by atoms with Gasteiger partial charge in [-0.3, -0.25) is 14.0 Å². The van der Waals surface area contributed by atoms with E-state index in [1.54, 1.807) is 49.7 Å². The van der Waals surface area contributed by atoms with Gasteiger partial charge in [-0.15, -0.1) is 10.2 Å². The molecule has 0 fully saturated rings. The van der Waals surface area contributed by atoms with Crippen molar-refractivity contribution in [2.75, 3.05) is 11.6 Å². The maximum atomic E-state index is 14.9. The van der Waals surface area contributed by atoms with E-state index in [2.05, 4.69) is 20.5 Å². The van der Waals surface area contributed by atoms with Crippen molar-refractivity contribution in [1.82, 2.24) is 15.2 Å². The predicted molar refractivity (Wildman–Crippen MR) is 136 cm³/mol. The zero-order valence-corrected chi connectivity index (χ0v) is 21.6. The highest BCUT2D eigenvalue weighted by molar-refractivity contribution is 7.84. The summed E-state index contributed by atoms with van der Waals surface area (Å²) in [5, 5.41) is 12.7. The third kappa shape index (κ3) is 5.71. The first-order chi connectivity index (χ1) is 16.5. The second kappa shape index (κ2) is 9.79. The molecule has 2 heterocycles. The van der Waals surface area contributed by atoms with Crippen LogP contribution in [0.15, 0.2) is 47.5 Å². The Bertz CT molecular complexity index is 1450. The van der Waals surface area contributed by atoms with Crippen molar-refractivity contribution < 1.29 is 18.1 Å². The fourth-order valence-corrected chi connectivity index (χ4v) is 4.73. The number of ether oxygens (including phenoxy) is 1. The summed E-state index contributed by atoms with van der Waals surface area (Å²) in [4.78, 5) is 17.5. The van der Waals surface area contributed by atoms with Gasteiger partial charge in [0, 0.05) is 45.0 Å². The molecule has 0 aliphatic rings. The van der Waals surface area contributed by atoms with E-state index in [9.17, 15) is 13.4 Å². The molecule has 10 heteroatoms. The molecule has 0 saturated carbocycles. The van der Waals surface area contributed by atoms with E-state index in [-0.39, 0.29) is 23.3 Å². The molecule has 0 spiro atoms. The monoisotopic (exact) mass is 512 g/mol. The lowest BCUT2D eigenvalue weighted by Crippen LogP contribution is -2.15. The Hall–Kier alpha value is -3.24. The van der Waals surface area contributed by atoms with Gasteiger partial charge in [-0.2, -0.15) is 0 Å². The minimum atomic E-state index is -1.16. The number of fused-ring (bicyclic) bond motifs is 1. The van der Waals surface area contributed by atoms with E-state index in [1.807, 2.05) is 20.8 Å². The van der Waals surface area contributed by atoms with E-state index in [4.69, 9.17) is 4.74 Å². The van der Waals surface area contributed by atoms with Crippen LogP contribution < -0.4 is 10.1 Å². The molecule has 182 valence electrons. The van der Waals surface area contributed by atoms with Gasteiger partial charge >= 0.3 is 0 Å². The number of anilines is 1. The minimum absolute atomic E-state index is 0.152. The highest BCUT2D eigenvalue weighted by atomic mass is 32.2. The highest BCUT2D eigenvalue weighted by Crippen LogP contribution is 2.33. The van der Waals surface area contributed by atoms with Gasteiger partial charge in [-0.05, 0) is 48.4 Å². The lowest BCUT2D eigenvalue weighted by molar-refractivity contribution is -0.115. The summed E-state index contributed by atoms with van der Waals surface area (Å²) < 4.78 is 32.9. The molecular formula is C25H25FN4O3S2. The number of aromatic nitrogens is 3. The SMILES string of the molecule is Cc1cc(CC(=O)Nc2nnc(C(C)(C)C)s2)c(F)cc1Oc1ccnc2ccc(S(C)=O)cc12. The van der Waals surface area contributed by atoms with Crippen LogP contribution in [0.2, 0.25) is 0 Å². The second-order valence-electron chi connectivity index (χ2n) is 9.14. The number of carbonyl (C=O) groups is 1. The van der Waals surface area contributed by atoms with E-state index >= 15 is 0 Å². The number of nitrogens with zero attached hydrogens (tertiary/aromatic N) is 3. The van der Waals surface area contributed by atoms with Gasteiger partial charge in [0.25, 0.3) is 0 Å². The molecule has 1 atom stereocenters. The fourth-order valence-electron chi connectivity index (χ4n) is 3.37. The van der Waals surface area contributed by atoms with Crippen molar-refractivity contribution in [1.29, 1.82) is 0 Å². The molecule has 7 nitrogen and oxygen atoms in total.